The van der Waals surface area contributed by atoms with E-state index in [2.05, 4.69) is 10.6 Å². The van der Waals surface area contributed by atoms with E-state index in [1.165, 1.54) is 30.0 Å². The fourth-order valence-electron chi connectivity index (χ4n) is 2.90. The average molecular weight is 473 g/mol. The van der Waals surface area contributed by atoms with Crippen molar-refractivity contribution < 1.29 is 18.7 Å². The number of anilines is 2. The van der Waals surface area contributed by atoms with Crippen molar-refractivity contribution in [1.82, 2.24) is 0 Å². The van der Waals surface area contributed by atoms with E-state index in [1.807, 2.05) is 25.1 Å². The van der Waals surface area contributed by atoms with E-state index in [9.17, 15) is 14.0 Å². The number of methoxy groups -OCH3 is 1. The highest BCUT2D eigenvalue weighted by atomic mass is 35.5. The molecule has 5 nitrogen and oxygen atoms in total. The summed E-state index contributed by atoms with van der Waals surface area (Å²) in [5, 5.41) is 5.19. The maximum absolute atomic E-state index is 13.3. The SMILES string of the molecule is CCC(Sc1cccc(NC(=O)c2cccc(OC)c2)c1)C(=O)Nc1ccc(F)c(Cl)c1. The van der Waals surface area contributed by atoms with Gasteiger partial charge in [0.1, 0.15) is 11.6 Å². The van der Waals surface area contributed by atoms with Gasteiger partial charge in [-0.2, -0.15) is 0 Å². The zero-order chi connectivity index (χ0) is 23.1. The molecule has 0 aliphatic carbocycles. The predicted octanol–water partition coefficient (Wildman–Crippen LogP) is 6.25. The minimum atomic E-state index is -0.543. The quantitative estimate of drug-likeness (QED) is 0.380. The first-order valence-electron chi connectivity index (χ1n) is 9.87. The second-order valence-corrected chi connectivity index (χ2v) is 8.53. The number of nitrogens with one attached hydrogen (secondary N) is 2. The van der Waals surface area contributed by atoms with Crippen molar-refractivity contribution in [3.05, 3.63) is 83.1 Å². The number of amides is 2. The van der Waals surface area contributed by atoms with Gasteiger partial charge in [0.25, 0.3) is 5.91 Å². The van der Waals surface area contributed by atoms with Crippen LogP contribution in [0.5, 0.6) is 5.75 Å². The molecule has 166 valence electrons. The first-order valence-corrected chi connectivity index (χ1v) is 11.1. The Kier molecular flexibility index (Phi) is 8.14. The number of carbonyl (C=O) groups is 2. The van der Waals surface area contributed by atoms with Gasteiger partial charge in [0.05, 0.1) is 17.4 Å². The van der Waals surface area contributed by atoms with Crippen LogP contribution < -0.4 is 15.4 Å². The third kappa shape index (κ3) is 6.24. The summed E-state index contributed by atoms with van der Waals surface area (Å²) in [6, 6.07) is 18.2. The van der Waals surface area contributed by atoms with Gasteiger partial charge in [-0.15, -0.1) is 11.8 Å². The Morgan fingerprint density at radius 3 is 2.50 bits per heavy atom. The molecule has 3 aromatic carbocycles. The van der Waals surface area contributed by atoms with Crippen LogP contribution in [0.2, 0.25) is 5.02 Å². The minimum absolute atomic E-state index is 0.0528. The fourth-order valence-corrected chi connectivity index (χ4v) is 4.09. The third-order valence-electron chi connectivity index (χ3n) is 4.55. The summed E-state index contributed by atoms with van der Waals surface area (Å²) in [6.45, 7) is 1.91. The molecule has 32 heavy (non-hydrogen) atoms. The molecular weight excluding hydrogens is 451 g/mol. The monoisotopic (exact) mass is 472 g/mol. The Morgan fingerprint density at radius 1 is 1.03 bits per heavy atom. The molecule has 0 bridgehead atoms. The van der Waals surface area contributed by atoms with Gasteiger partial charge in [-0.1, -0.05) is 30.7 Å². The van der Waals surface area contributed by atoms with Crippen LogP contribution >= 0.6 is 23.4 Å². The molecule has 0 saturated heterocycles. The molecule has 1 atom stereocenters. The highest BCUT2D eigenvalue weighted by Gasteiger charge is 2.19. The lowest BCUT2D eigenvalue weighted by atomic mass is 10.2. The molecule has 2 amide bonds. The second kappa shape index (κ2) is 11.0. The number of rotatable bonds is 8. The molecule has 0 aromatic heterocycles. The van der Waals surface area contributed by atoms with Crippen LogP contribution in [0.3, 0.4) is 0 Å². The lowest BCUT2D eigenvalue weighted by Gasteiger charge is -2.16. The second-order valence-electron chi connectivity index (χ2n) is 6.85. The maximum atomic E-state index is 13.3. The molecule has 2 N–H and O–H groups in total. The molecule has 0 radical (unpaired) electrons. The summed E-state index contributed by atoms with van der Waals surface area (Å²) in [7, 11) is 1.54. The first-order chi connectivity index (χ1) is 15.4. The van der Waals surface area contributed by atoms with Crippen LogP contribution in [-0.2, 0) is 4.79 Å². The summed E-state index contributed by atoms with van der Waals surface area (Å²) in [5.74, 6) is -0.421. The topological polar surface area (TPSA) is 67.4 Å². The van der Waals surface area contributed by atoms with Gasteiger partial charge >= 0.3 is 0 Å². The molecule has 0 fully saturated rings. The van der Waals surface area contributed by atoms with Gasteiger partial charge in [-0.05, 0) is 61.0 Å². The molecule has 0 heterocycles. The largest absolute Gasteiger partial charge is 0.497 e. The predicted molar refractivity (Wildman–Crippen MR) is 127 cm³/mol. The van der Waals surface area contributed by atoms with Crippen molar-refractivity contribution in [2.45, 2.75) is 23.5 Å². The third-order valence-corrected chi connectivity index (χ3v) is 6.20. The molecule has 0 saturated carbocycles. The molecule has 1 unspecified atom stereocenters. The van der Waals surface area contributed by atoms with Gasteiger partial charge in [-0.25, -0.2) is 4.39 Å². The Labute approximate surface area is 195 Å². The summed E-state index contributed by atoms with van der Waals surface area (Å²) in [4.78, 5) is 26.1. The Hall–Kier alpha value is -3.03. The van der Waals surface area contributed by atoms with Gasteiger partial charge in [0.15, 0.2) is 0 Å². The Morgan fingerprint density at radius 2 is 1.78 bits per heavy atom. The molecular formula is C24H22ClFN2O3S. The highest BCUT2D eigenvalue weighted by Crippen LogP contribution is 2.29. The van der Waals surface area contributed by atoms with Crippen LogP contribution in [0.25, 0.3) is 0 Å². The standard InChI is InChI=1S/C24H22ClFN2O3S/c1-3-22(24(30)28-17-10-11-21(26)20(25)14-17)32-19-9-5-7-16(13-19)27-23(29)15-6-4-8-18(12-15)31-2/h4-14,22H,3H2,1-2H3,(H,27,29)(H,28,30). The highest BCUT2D eigenvalue weighted by molar-refractivity contribution is 8.00. The van der Waals surface area contributed by atoms with Crippen LogP contribution in [0.4, 0.5) is 15.8 Å². The van der Waals surface area contributed by atoms with Crippen molar-refractivity contribution in [2.24, 2.45) is 0 Å². The fraction of sp³-hybridized carbons (Fsp3) is 0.167. The van der Waals surface area contributed by atoms with E-state index in [0.29, 0.717) is 29.1 Å². The van der Waals surface area contributed by atoms with E-state index in [0.717, 1.165) is 4.90 Å². The lowest BCUT2D eigenvalue weighted by molar-refractivity contribution is -0.115. The number of thioether (sulfide) groups is 1. The van der Waals surface area contributed by atoms with Crippen molar-refractivity contribution in [3.8, 4) is 5.75 Å². The van der Waals surface area contributed by atoms with Crippen LogP contribution in [-0.4, -0.2) is 24.2 Å². The summed E-state index contributed by atoms with van der Waals surface area (Å²) in [6.07, 6.45) is 0.575. The average Bonchev–Trinajstić information content (AvgIpc) is 2.80. The molecule has 3 aromatic rings. The van der Waals surface area contributed by atoms with Crippen molar-refractivity contribution >= 4 is 46.6 Å². The number of halogens is 2. The lowest BCUT2D eigenvalue weighted by Crippen LogP contribution is -2.24. The van der Waals surface area contributed by atoms with Crippen LogP contribution in [0, 0.1) is 5.82 Å². The van der Waals surface area contributed by atoms with Crippen molar-refractivity contribution in [2.75, 3.05) is 17.7 Å². The van der Waals surface area contributed by atoms with E-state index in [-0.39, 0.29) is 22.1 Å². The zero-order valence-corrected chi connectivity index (χ0v) is 19.1. The summed E-state index contributed by atoms with van der Waals surface area (Å²) < 4.78 is 18.5. The zero-order valence-electron chi connectivity index (χ0n) is 17.5. The number of hydrogen-bond donors (Lipinski definition) is 2. The van der Waals surface area contributed by atoms with Gasteiger partial charge in [0, 0.05) is 21.8 Å². The van der Waals surface area contributed by atoms with Crippen LogP contribution in [0.15, 0.2) is 71.6 Å². The van der Waals surface area contributed by atoms with E-state index in [4.69, 9.17) is 16.3 Å². The molecule has 0 aliphatic rings. The molecule has 0 aliphatic heterocycles. The van der Waals surface area contributed by atoms with Gasteiger partial charge in [-0.3, -0.25) is 9.59 Å². The molecule has 8 heteroatoms. The Balaban J connectivity index is 1.67. The first kappa shape index (κ1) is 23.6. The summed E-state index contributed by atoms with van der Waals surface area (Å²) in [5.41, 5.74) is 1.52. The van der Waals surface area contributed by atoms with Gasteiger partial charge in [0.2, 0.25) is 5.91 Å². The number of benzene rings is 3. The van der Waals surface area contributed by atoms with E-state index < -0.39 is 5.82 Å². The molecule has 3 rings (SSSR count). The van der Waals surface area contributed by atoms with Crippen molar-refractivity contribution in [1.29, 1.82) is 0 Å². The molecule has 0 spiro atoms. The smallest absolute Gasteiger partial charge is 0.255 e. The number of hydrogen-bond acceptors (Lipinski definition) is 4. The normalized spacial score (nSPS) is 11.5. The summed E-state index contributed by atoms with van der Waals surface area (Å²) >= 11 is 7.16. The van der Waals surface area contributed by atoms with E-state index >= 15 is 0 Å². The van der Waals surface area contributed by atoms with E-state index in [1.54, 1.807) is 37.4 Å². The van der Waals surface area contributed by atoms with Crippen LogP contribution in [0.1, 0.15) is 23.7 Å². The van der Waals surface area contributed by atoms with Gasteiger partial charge < -0.3 is 15.4 Å². The minimum Gasteiger partial charge on any atom is -0.497 e. The number of ether oxygens (including phenoxy) is 1. The number of carbonyl (C=O) groups excluding carboxylic acids is 2. The Bertz CT molecular complexity index is 1130. The van der Waals surface area contributed by atoms with Crippen molar-refractivity contribution in [3.63, 3.8) is 0 Å². The maximum Gasteiger partial charge on any atom is 0.255 e.